The molecule has 2 nitrogen and oxygen atoms in total. The average Bonchev–Trinajstić information content (AvgIpc) is 2.19. The van der Waals surface area contributed by atoms with E-state index in [1.807, 2.05) is 30.3 Å². The molecule has 1 fully saturated rings. The Hall–Kier alpha value is -0.540. The summed E-state index contributed by atoms with van der Waals surface area (Å²) >= 11 is 3.58. The van der Waals surface area contributed by atoms with Crippen LogP contribution in [0.2, 0.25) is 0 Å². The van der Waals surface area contributed by atoms with Gasteiger partial charge < -0.3 is 9.47 Å². The maximum Gasteiger partial charge on any atom is 0.200 e. The number of ether oxygens (including phenoxy) is 2. The summed E-state index contributed by atoms with van der Waals surface area (Å²) in [7, 11) is 0. The third-order valence-corrected chi connectivity index (χ3v) is 3.03. The highest BCUT2D eigenvalue weighted by Gasteiger charge is 2.21. The first kappa shape index (κ1) is 9.99. The van der Waals surface area contributed by atoms with Crippen molar-refractivity contribution in [2.24, 2.45) is 0 Å². The van der Waals surface area contributed by atoms with Gasteiger partial charge in [0.05, 0.1) is 6.61 Å². The molecule has 0 amide bonds. The average molecular weight is 257 g/mol. The molecule has 0 radical (unpaired) electrons. The zero-order valence-electron chi connectivity index (χ0n) is 7.86. The van der Waals surface area contributed by atoms with Gasteiger partial charge in [0.15, 0.2) is 0 Å². The van der Waals surface area contributed by atoms with E-state index in [0.29, 0.717) is 4.83 Å². The highest BCUT2D eigenvalue weighted by Crippen LogP contribution is 2.23. The summed E-state index contributed by atoms with van der Waals surface area (Å²) in [5.74, 6) is 0.874. The lowest BCUT2D eigenvalue weighted by Gasteiger charge is -2.26. The number of halogens is 1. The number of para-hydroxylation sites is 1. The zero-order chi connectivity index (χ0) is 9.80. The van der Waals surface area contributed by atoms with Gasteiger partial charge >= 0.3 is 0 Å². The van der Waals surface area contributed by atoms with Crippen LogP contribution in [0.3, 0.4) is 0 Å². The smallest absolute Gasteiger partial charge is 0.200 e. The molecule has 0 bridgehead atoms. The second-order valence-corrected chi connectivity index (χ2v) is 4.65. The van der Waals surface area contributed by atoms with Gasteiger partial charge in [-0.15, -0.1) is 0 Å². The number of rotatable bonds is 2. The van der Waals surface area contributed by atoms with Gasteiger partial charge in [0.2, 0.25) is 6.29 Å². The van der Waals surface area contributed by atoms with E-state index in [2.05, 4.69) is 15.9 Å². The molecule has 1 aromatic carbocycles. The SMILES string of the molecule is BrC1CCOC(Oc2ccccc2)C1. The zero-order valence-corrected chi connectivity index (χ0v) is 9.44. The third-order valence-electron chi connectivity index (χ3n) is 2.19. The van der Waals surface area contributed by atoms with Gasteiger partial charge in [-0.25, -0.2) is 0 Å². The van der Waals surface area contributed by atoms with Crippen LogP contribution in [-0.4, -0.2) is 17.7 Å². The Bertz CT molecular complexity index is 276. The molecular weight excluding hydrogens is 244 g/mol. The Morgan fingerprint density at radius 1 is 1.29 bits per heavy atom. The topological polar surface area (TPSA) is 18.5 Å². The normalized spacial score (nSPS) is 27.2. The first-order chi connectivity index (χ1) is 6.84. The number of alkyl halides is 1. The molecular formula is C11H13BrO2. The van der Waals surface area contributed by atoms with Crippen molar-refractivity contribution in [2.45, 2.75) is 24.0 Å². The van der Waals surface area contributed by atoms with E-state index in [4.69, 9.17) is 9.47 Å². The van der Waals surface area contributed by atoms with Crippen LogP contribution in [0.4, 0.5) is 0 Å². The van der Waals surface area contributed by atoms with E-state index in [-0.39, 0.29) is 6.29 Å². The van der Waals surface area contributed by atoms with E-state index in [0.717, 1.165) is 25.2 Å². The molecule has 76 valence electrons. The Labute approximate surface area is 92.3 Å². The molecule has 1 heterocycles. The molecule has 1 saturated heterocycles. The molecule has 0 saturated carbocycles. The summed E-state index contributed by atoms with van der Waals surface area (Å²) < 4.78 is 11.2. The fourth-order valence-corrected chi connectivity index (χ4v) is 1.95. The van der Waals surface area contributed by atoms with Crippen LogP contribution in [0.25, 0.3) is 0 Å². The van der Waals surface area contributed by atoms with Crippen molar-refractivity contribution in [2.75, 3.05) is 6.61 Å². The van der Waals surface area contributed by atoms with E-state index >= 15 is 0 Å². The molecule has 0 spiro atoms. The predicted octanol–water partition coefficient (Wildman–Crippen LogP) is 2.97. The Kier molecular flexibility index (Phi) is 3.43. The maximum atomic E-state index is 5.67. The van der Waals surface area contributed by atoms with Crippen LogP contribution in [0.1, 0.15) is 12.8 Å². The molecule has 1 aromatic rings. The minimum atomic E-state index is -0.101. The van der Waals surface area contributed by atoms with Crippen molar-refractivity contribution in [1.82, 2.24) is 0 Å². The molecule has 2 unspecified atom stereocenters. The van der Waals surface area contributed by atoms with Crippen LogP contribution in [0.5, 0.6) is 5.75 Å². The molecule has 14 heavy (non-hydrogen) atoms. The largest absolute Gasteiger partial charge is 0.465 e. The Morgan fingerprint density at radius 3 is 2.79 bits per heavy atom. The van der Waals surface area contributed by atoms with Gasteiger partial charge in [-0.2, -0.15) is 0 Å². The summed E-state index contributed by atoms with van der Waals surface area (Å²) in [5.41, 5.74) is 0. The Morgan fingerprint density at radius 2 is 2.07 bits per heavy atom. The number of hydrogen-bond donors (Lipinski definition) is 0. The van der Waals surface area contributed by atoms with Crippen molar-refractivity contribution >= 4 is 15.9 Å². The summed E-state index contributed by atoms with van der Waals surface area (Å²) in [4.78, 5) is 0.518. The summed E-state index contributed by atoms with van der Waals surface area (Å²) in [6.07, 6.45) is 1.87. The molecule has 2 atom stereocenters. The van der Waals surface area contributed by atoms with Crippen molar-refractivity contribution in [1.29, 1.82) is 0 Å². The van der Waals surface area contributed by atoms with Gasteiger partial charge in [0, 0.05) is 11.2 Å². The fraction of sp³-hybridized carbons (Fsp3) is 0.455. The van der Waals surface area contributed by atoms with Crippen LogP contribution >= 0.6 is 15.9 Å². The minimum absolute atomic E-state index is 0.101. The van der Waals surface area contributed by atoms with Crippen molar-refractivity contribution in [3.05, 3.63) is 30.3 Å². The van der Waals surface area contributed by atoms with Crippen molar-refractivity contribution in [3.63, 3.8) is 0 Å². The number of benzene rings is 1. The lowest BCUT2D eigenvalue weighted by molar-refractivity contribution is -0.103. The molecule has 2 rings (SSSR count). The predicted molar refractivity (Wildman–Crippen MR) is 58.8 cm³/mol. The van der Waals surface area contributed by atoms with Crippen molar-refractivity contribution < 1.29 is 9.47 Å². The first-order valence-corrected chi connectivity index (χ1v) is 5.73. The second kappa shape index (κ2) is 4.80. The molecule has 0 aromatic heterocycles. The van der Waals surface area contributed by atoms with Gasteiger partial charge in [0.25, 0.3) is 0 Å². The Balaban J connectivity index is 1.91. The van der Waals surface area contributed by atoms with E-state index in [1.54, 1.807) is 0 Å². The fourth-order valence-electron chi connectivity index (χ4n) is 1.46. The first-order valence-electron chi connectivity index (χ1n) is 4.82. The van der Waals surface area contributed by atoms with E-state index < -0.39 is 0 Å². The molecule has 3 heteroatoms. The van der Waals surface area contributed by atoms with E-state index in [9.17, 15) is 0 Å². The maximum absolute atomic E-state index is 5.67. The number of hydrogen-bond acceptors (Lipinski definition) is 2. The quantitative estimate of drug-likeness (QED) is 0.758. The highest BCUT2D eigenvalue weighted by molar-refractivity contribution is 9.09. The van der Waals surface area contributed by atoms with Gasteiger partial charge in [-0.05, 0) is 18.6 Å². The van der Waals surface area contributed by atoms with Crippen LogP contribution in [0.15, 0.2) is 30.3 Å². The van der Waals surface area contributed by atoms with Crippen LogP contribution in [-0.2, 0) is 4.74 Å². The summed E-state index contributed by atoms with van der Waals surface area (Å²) in [5, 5.41) is 0. The van der Waals surface area contributed by atoms with Crippen molar-refractivity contribution in [3.8, 4) is 5.75 Å². The van der Waals surface area contributed by atoms with Gasteiger partial charge in [0.1, 0.15) is 5.75 Å². The van der Waals surface area contributed by atoms with E-state index in [1.165, 1.54) is 0 Å². The summed E-state index contributed by atoms with van der Waals surface area (Å²) in [6, 6.07) is 9.79. The molecule has 0 aliphatic carbocycles. The molecule has 1 aliphatic rings. The lowest BCUT2D eigenvalue weighted by Crippen LogP contribution is -2.30. The third kappa shape index (κ3) is 2.72. The lowest BCUT2D eigenvalue weighted by atomic mass is 10.2. The second-order valence-electron chi connectivity index (χ2n) is 3.35. The molecule has 0 N–H and O–H groups in total. The standard InChI is InChI=1S/C11H13BrO2/c12-9-6-7-13-11(8-9)14-10-4-2-1-3-5-10/h1-5,9,11H,6-8H2. The van der Waals surface area contributed by atoms with Crippen LogP contribution in [0, 0.1) is 0 Å². The highest BCUT2D eigenvalue weighted by atomic mass is 79.9. The monoisotopic (exact) mass is 256 g/mol. The summed E-state index contributed by atoms with van der Waals surface area (Å²) in [6.45, 7) is 0.771. The van der Waals surface area contributed by atoms with Gasteiger partial charge in [-0.3, -0.25) is 0 Å². The van der Waals surface area contributed by atoms with Gasteiger partial charge in [-0.1, -0.05) is 34.1 Å². The minimum Gasteiger partial charge on any atom is -0.465 e. The van der Waals surface area contributed by atoms with Crippen LogP contribution < -0.4 is 4.74 Å². The molecule has 1 aliphatic heterocycles.